The Hall–Kier alpha value is -0.830. The fourth-order valence-corrected chi connectivity index (χ4v) is 3.51. The van der Waals surface area contributed by atoms with Gasteiger partial charge in [-0.25, -0.2) is 0 Å². The summed E-state index contributed by atoms with van der Waals surface area (Å²) < 4.78 is 2.09. The van der Waals surface area contributed by atoms with Gasteiger partial charge in [0.2, 0.25) is 0 Å². The van der Waals surface area contributed by atoms with Crippen molar-refractivity contribution in [1.82, 2.24) is 15.1 Å². The molecule has 0 spiro atoms. The molecule has 1 aliphatic rings. The molecule has 1 fully saturated rings. The second-order valence-electron chi connectivity index (χ2n) is 6.95. The summed E-state index contributed by atoms with van der Waals surface area (Å²) in [5.41, 5.74) is 1.29. The Kier molecular flexibility index (Phi) is 6.75. The highest BCUT2D eigenvalue weighted by Crippen LogP contribution is 2.31. The van der Waals surface area contributed by atoms with Crippen LogP contribution in [-0.2, 0) is 6.42 Å². The molecule has 2 rings (SSSR count). The standard InChI is InChI=1S/C18H33N3/c1-4-11-19-14-17-9-7-5-6-8-16(17)13-18-10-12-21(20-18)15(2)3/h10,12,15-17,19H,4-9,11,13-14H2,1-3H3. The molecule has 0 bridgehead atoms. The van der Waals surface area contributed by atoms with Gasteiger partial charge < -0.3 is 5.32 Å². The molecule has 0 aliphatic heterocycles. The maximum absolute atomic E-state index is 4.76. The van der Waals surface area contributed by atoms with E-state index in [1.165, 1.54) is 50.8 Å². The first-order chi connectivity index (χ1) is 10.2. The fourth-order valence-electron chi connectivity index (χ4n) is 3.51. The number of hydrogen-bond donors (Lipinski definition) is 1. The van der Waals surface area contributed by atoms with Crippen LogP contribution >= 0.6 is 0 Å². The van der Waals surface area contributed by atoms with Crippen LogP contribution in [-0.4, -0.2) is 22.9 Å². The number of hydrogen-bond acceptors (Lipinski definition) is 2. The van der Waals surface area contributed by atoms with E-state index in [2.05, 4.69) is 43.0 Å². The summed E-state index contributed by atoms with van der Waals surface area (Å²) in [6.45, 7) is 8.99. The van der Waals surface area contributed by atoms with E-state index in [1.54, 1.807) is 0 Å². The lowest BCUT2D eigenvalue weighted by Crippen LogP contribution is -2.29. The number of aromatic nitrogens is 2. The van der Waals surface area contributed by atoms with E-state index in [9.17, 15) is 0 Å². The largest absolute Gasteiger partial charge is 0.316 e. The van der Waals surface area contributed by atoms with Crippen molar-refractivity contribution >= 4 is 0 Å². The van der Waals surface area contributed by atoms with Gasteiger partial charge >= 0.3 is 0 Å². The first-order valence-corrected chi connectivity index (χ1v) is 8.95. The van der Waals surface area contributed by atoms with Gasteiger partial charge in [-0.1, -0.05) is 26.2 Å². The highest BCUT2D eigenvalue weighted by molar-refractivity contribution is 5.02. The minimum Gasteiger partial charge on any atom is -0.316 e. The van der Waals surface area contributed by atoms with Crippen LogP contribution < -0.4 is 5.32 Å². The zero-order valence-corrected chi connectivity index (χ0v) is 14.1. The van der Waals surface area contributed by atoms with E-state index < -0.39 is 0 Å². The van der Waals surface area contributed by atoms with E-state index in [0.717, 1.165) is 24.8 Å². The lowest BCUT2D eigenvalue weighted by molar-refractivity contribution is 0.295. The summed E-state index contributed by atoms with van der Waals surface area (Å²) in [6.07, 6.45) is 11.5. The summed E-state index contributed by atoms with van der Waals surface area (Å²) in [4.78, 5) is 0. The van der Waals surface area contributed by atoms with E-state index in [4.69, 9.17) is 5.10 Å². The van der Waals surface area contributed by atoms with Gasteiger partial charge in [0.1, 0.15) is 0 Å². The van der Waals surface area contributed by atoms with E-state index in [0.29, 0.717) is 6.04 Å². The molecule has 0 aromatic carbocycles. The van der Waals surface area contributed by atoms with Crippen LogP contribution in [0.3, 0.4) is 0 Å². The van der Waals surface area contributed by atoms with Gasteiger partial charge in [-0.05, 0) is 70.5 Å². The molecule has 1 N–H and O–H groups in total. The van der Waals surface area contributed by atoms with Crippen molar-refractivity contribution in [2.24, 2.45) is 11.8 Å². The molecule has 0 radical (unpaired) electrons. The van der Waals surface area contributed by atoms with Crippen LogP contribution in [0.4, 0.5) is 0 Å². The van der Waals surface area contributed by atoms with Crippen LogP contribution in [0, 0.1) is 11.8 Å². The van der Waals surface area contributed by atoms with Gasteiger partial charge in [0.15, 0.2) is 0 Å². The molecule has 120 valence electrons. The van der Waals surface area contributed by atoms with Crippen molar-refractivity contribution in [3.63, 3.8) is 0 Å². The highest BCUT2D eigenvalue weighted by Gasteiger charge is 2.24. The van der Waals surface area contributed by atoms with Crippen molar-refractivity contribution in [3.05, 3.63) is 18.0 Å². The van der Waals surface area contributed by atoms with Gasteiger partial charge in [-0.2, -0.15) is 5.10 Å². The monoisotopic (exact) mass is 291 g/mol. The van der Waals surface area contributed by atoms with Crippen molar-refractivity contribution < 1.29 is 0 Å². The summed E-state index contributed by atoms with van der Waals surface area (Å²) in [5, 5.41) is 8.41. The molecule has 2 atom stereocenters. The lowest BCUT2D eigenvalue weighted by Gasteiger charge is -2.25. The second-order valence-corrected chi connectivity index (χ2v) is 6.95. The average Bonchev–Trinajstić information content (AvgIpc) is 2.82. The Morgan fingerprint density at radius 1 is 1.24 bits per heavy atom. The molecule has 0 amide bonds. The summed E-state index contributed by atoms with van der Waals surface area (Å²) in [7, 11) is 0. The third-order valence-corrected chi connectivity index (χ3v) is 4.81. The highest BCUT2D eigenvalue weighted by atomic mass is 15.3. The lowest BCUT2D eigenvalue weighted by atomic mass is 9.84. The number of nitrogens with one attached hydrogen (secondary N) is 1. The SMILES string of the molecule is CCCNCC1CCCCCC1Cc1ccn(C(C)C)n1. The van der Waals surface area contributed by atoms with Gasteiger partial charge in [-0.3, -0.25) is 4.68 Å². The third kappa shape index (κ3) is 5.14. The maximum Gasteiger partial charge on any atom is 0.0627 e. The molecule has 3 nitrogen and oxygen atoms in total. The molecule has 0 saturated heterocycles. The average molecular weight is 291 g/mol. The van der Waals surface area contributed by atoms with Gasteiger partial charge in [-0.15, -0.1) is 0 Å². The number of nitrogens with zero attached hydrogens (tertiary/aromatic N) is 2. The van der Waals surface area contributed by atoms with Crippen molar-refractivity contribution in [2.75, 3.05) is 13.1 Å². The quantitative estimate of drug-likeness (QED) is 0.602. The minimum absolute atomic E-state index is 0.468. The molecule has 1 aromatic rings. The predicted octanol–water partition coefficient (Wildman–Crippen LogP) is 4.20. The predicted molar refractivity (Wildman–Crippen MR) is 89.5 cm³/mol. The van der Waals surface area contributed by atoms with Crippen LogP contribution in [0.15, 0.2) is 12.3 Å². The Balaban J connectivity index is 1.95. The van der Waals surface area contributed by atoms with Gasteiger partial charge in [0.05, 0.1) is 5.69 Å². The molecule has 1 aliphatic carbocycles. The zero-order chi connectivity index (χ0) is 15.1. The van der Waals surface area contributed by atoms with Crippen molar-refractivity contribution in [2.45, 2.75) is 71.8 Å². The smallest absolute Gasteiger partial charge is 0.0627 e. The topological polar surface area (TPSA) is 29.9 Å². The zero-order valence-electron chi connectivity index (χ0n) is 14.1. The first kappa shape index (κ1) is 16.5. The number of rotatable bonds is 7. The van der Waals surface area contributed by atoms with Crippen LogP contribution in [0.25, 0.3) is 0 Å². The molecule has 1 aromatic heterocycles. The molecule has 2 unspecified atom stereocenters. The summed E-state index contributed by atoms with van der Waals surface area (Å²) in [5.74, 6) is 1.65. The first-order valence-electron chi connectivity index (χ1n) is 8.95. The normalized spacial score (nSPS) is 23.4. The summed E-state index contributed by atoms with van der Waals surface area (Å²) in [6, 6.07) is 2.69. The molecular formula is C18H33N3. The minimum atomic E-state index is 0.468. The molecule has 1 heterocycles. The van der Waals surface area contributed by atoms with Gasteiger partial charge in [0, 0.05) is 12.2 Å². The Morgan fingerprint density at radius 3 is 2.67 bits per heavy atom. The molecular weight excluding hydrogens is 258 g/mol. The Bertz CT molecular complexity index is 397. The molecule has 21 heavy (non-hydrogen) atoms. The van der Waals surface area contributed by atoms with Crippen LogP contribution in [0.1, 0.15) is 71.0 Å². The van der Waals surface area contributed by atoms with Crippen LogP contribution in [0.2, 0.25) is 0 Å². The van der Waals surface area contributed by atoms with E-state index >= 15 is 0 Å². The maximum atomic E-state index is 4.76. The Labute approximate surface area is 130 Å². The second kappa shape index (κ2) is 8.57. The van der Waals surface area contributed by atoms with Gasteiger partial charge in [0.25, 0.3) is 0 Å². The molecule has 1 saturated carbocycles. The van der Waals surface area contributed by atoms with E-state index in [-0.39, 0.29) is 0 Å². The summed E-state index contributed by atoms with van der Waals surface area (Å²) >= 11 is 0. The third-order valence-electron chi connectivity index (χ3n) is 4.81. The van der Waals surface area contributed by atoms with Crippen LogP contribution in [0.5, 0.6) is 0 Å². The Morgan fingerprint density at radius 2 is 2.00 bits per heavy atom. The van der Waals surface area contributed by atoms with Crippen molar-refractivity contribution in [3.8, 4) is 0 Å². The van der Waals surface area contributed by atoms with Crippen molar-refractivity contribution in [1.29, 1.82) is 0 Å². The molecule has 3 heteroatoms. The van der Waals surface area contributed by atoms with E-state index in [1.807, 2.05) is 0 Å². The fraction of sp³-hybridized carbons (Fsp3) is 0.833.